The predicted molar refractivity (Wildman–Crippen MR) is 60.8 cm³/mol. The number of hydrogen-bond donors (Lipinski definition) is 1. The Bertz CT molecular complexity index is 384. The summed E-state index contributed by atoms with van der Waals surface area (Å²) in [4.78, 5) is 24.5. The number of carboxylic acid groups (broad SMARTS) is 1. The van der Waals surface area contributed by atoms with Gasteiger partial charge in [-0.3, -0.25) is 9.59 Å². The van der Waals surface area contributed by atoms with Crippen LogP contribution in [0.4, 0.5) is 0 Å². The van der Waals surface area contributed by atoms with Crippen LogP contribution in [0.25, 0.3) is 0 Å². The minimum Gasteiger partial charge on any atom is -0.481 e. The lowest BCUT2D eigenvalue weighted by molar-refractivity contribution is -0.141. The number of nitriles is 1. The highest BCUT2D eigenvalue weighted by molar-refractivity contribution is 5.91. The maximum atomic E-state index is 12.0. The second kappa shape index (κ2) is 4.36. The molecule has 0 aromatic rings. The van der Waals surface area contributed by atoms with E-state index in [1.165, 1.54) is 4.90 Å². The van der Waals surface area contributed by atoms with Gasteiger partial charge >= 0.3 is 5.97 Å². The van der Waals surface area contributed by atoms with Crippen LogP contribution in [0.2, 0.25) is 0 Å². The Morgan fingerprint density at radius 1 is 1.47 bits per heavy atom. The topological polar surface area (TPSA) is 81.4 Å². The summed E-state index contributed by atoms with van der Waals surface area (Å²) in [5, 5.41) is 17.7. The van der Waals surface area contributed by atoms with E-state index in [0.29, 0.717) is 6.54 Å². The quantitative estimate of drug-likeness (QED) is 0.791. The van der Waals surface area contributed by atoms with E-state index in [2.05, 4.69) is 6.07 Å². The Labute approximate surface area is 101 Å². The SMILES string of the molecule is CC(C#N)CN(C)C(=O)C1C(C(=O)O)C1(C)C. The Hall–Kier alpha value is -1.57. The van der Waals surface area contributed by atoms with Crippen molar-refractivity contribution in [1.29, 1.82) is 5.26 Å². The van der Waals surface area contributed by atoms with Crippen LogP contribution in [0.1, 0.15) is 20.8 Å². The second-order valence-electron chi connectivity index (χ2n) is 5.36. The average Bonchev–Trinajstić information content (AvgIpc) is 2.80. The van der Waals surface area contributed by atoms with Gasteiger partial charge in [0.05, 0.1) is 23.8 Å². The highest BCUT2D eigenvalue weighted by Crippen LogP contribution is 2.58. The summed E-state index contributed by atoms with van der Waals surface area (Å²) in [5.41, 5.74) is -0.479. The van der Waals surface area contributed by atoms with E-state index < -0.39 is 23.2 Å². The third-order valence-corrected chi connectivity index (χ3v) is 3.50. The minimum atomic E-state index is -0.921. The number of carboxylic acids is 1. The lowest BCUT2D eigenvalue weighted by Crippen LogP contribution is -2.33. The molecule has 1 fully saturated rings. The summed E-state index contributed by atoms with van der Waals surface area (Å²) in [5.74, 6) is -2.40. The van der Waals surface area contributed by atoms with Crippen molar-refractivity contribution in [3.8, 4) is 6.07 Å². The number of amides is 1. The van der Waals surface area contributed by atoms with E-state index in [1.54, 1.807) is 27.8 Å². The first-order valence-electron chi connectivity index (χ1n) is 5.60. The molecule has 0 aromatic heterocycles. The zero-order valence-corrected chi connectivity index (χ0v) is 10.6. The van der Waals surface area contributed by atoms with E-state index in [0.717, 1.165) is 0 Å². The summed E-state index contributed by atoms with van der Waals surface area (Å²) in [6.07, 6.45) is 0. The summed E-state index contributed by atoms with van der Waals surface area (Å²) >= 11 is 0. The van der Waals surface area contributed by atoms with Gasteiger partial charge in [0.1, 0.15) is 0 Å². The zero-order chi connectivity index (χ0) is 13.4. The minimum absolute atomic E-state index is 0.176. The Morgan fingerprint density at radius 2 is 2.00 bits per heavy atom. The van der Waals surface area contributed by atoms with Crippen molar-refractivity contribution in [1.82, 2.24) is 4.90 Å². The van der Waals surface area contributed by atoms with E-state index in [-0.39, 0.29) is 11.8 Å². The van der Waals surface area contributed by atoms with E-state index in [1.807, 2.05) is 0 Å². The van der Waals surface area contributed by atoms with Crippen molar-refractivity contribution in [3.05, 3.63) is 0 Å². The average molecular weight is 238 g/mol. The number of hydrogen-bond acceptors (Lipinski definition) is 3. The van der Waals surface area contributed by atoms with Crippen LogP contribution in [-0.4, -0.2) is 35.5 Å². The molecule has 3 unspecified atom stereocenters. The van der Waals surface area contributed by atoms with Crippen LogP contribution >= 0.6 is 0 Å². The molecule has 94 valence electrons. The van der Waals surface area contributed by atoms with Crippen molar-refractivity contribution in [3.63, 3.8) is 0 Å². The maximum Gasteiger partial charge on any atom is 0.307 e. The molecule has 1 rings (SSSR count). The summed E-state index contributed by atoms with van der Waals surface area (Å²) in [7, 11) is 1.61. The van der Waals surface area contributed by atoms with Gasteiger partial charge in [-0.2, -0.15) is 5.26 Å². The van der Waals surface area contributed by atoms with Gasteiger partial charge in [0.25, 0.3) is 0 Å². The molecule has 0 aromatic carbocycles. The predicted octanol–water partition coefficient (Wildman–Crippen LogP) is 0.961. The van der Waals surface area contributed by atoms with Gasteiger partial charge in [0, 0.05) is 13.6 Å². The molecule has 1 saturated carbocycles. The van der Waals surface area contributed by atoms with Crippen LogP contribution < -0.4 is 0 Å². The molecule has 0 spiro atoms. The molecule has 1 aliphatic rings. The zero-order valence-electron chi connectivity index (χ0n) is 10.6. The molecule has 1 aliphatic carbocycles. The molecule has 0 heterocycles. The third-order valence-electron chi connectivity index (χ3n) is 3.50. The number of aliphatic carboxylic acids is 1. The van der Waals surface area contributed by atoms with Gasteiger partial charge < -0.3 is 10.0 Å². The largest absolute Gasteiger partial charge is 0.481 e. The molecule has 1 amide bonds. The maximum absolute atomic E-state index is 12.0. The molecular weight excluding hydrogens is 220 g/mol. The smallest absolute Gasteiger partial charge is 0.307 e. The van der Waals surface area contributed by atoms with Gasteiger partial charge in [-0.25, -0.2) is 0 Å². The fraction of sp³-hybridized carbons (Fsp3) is 0.750. The molecule has 0 saturated heterocycles. The van der Waals surface area contributed by atoms with Crippen LogP contribution in [0.3, 0.4) is 0 Å². The number of nitrogens with zero attached hydrogens (tertiary/aromatic N) is 2. The Morgan fingerprint density at radius 3 is 2.35 bits per heavy atom. The standard InChI is InChI=1S/C12H18N2O3/c1-7(5-13)6-14(4)10(15)8-9(11(16)17)12(8,2)3/h7-9H,6H2,1-4H3,(H,16,17). The normalized spacial score (nSPS) is 26.8. The molecule has 3 atom stereocenters. The van der Waals surface area contributed by atoms with Crippen molar-refractivity contribution in [2.24, 2.45) is 23.2 Å². The van der Waals surface area contributed by atoms with Gasteiger partial charge in [-0.05, 0) is 12.3 Å². The second-order valence-corrected chi connectivity index (χ2v) is 5.36. The fourth-order valence-corrected chi connectivity index (χ4v) is 2.34. The molecule has 0 aliphatic heterocycles. The van der Waals surface area contributed by atoms with E-state index in [9.17, 15) is 9.59 Å². The Kier molecular flexibility index (Phi) is 3.46. The number of rotatable bonds is 4. The lowest BCUT2D eigenvalue weighted by Gasteiger charge is -2.18. The lowest BCUT2D eigenvalue weighted by atomic mass is 10.1. The third kappa shape index (κ3) is 2.41. The molecule has 0 radical (unpaired) electrons. The highest BCUT2D eigenvalue weighted by atomic mass is 16.4. The highest BCUT2D eigenvalue weighted by Gasteiger charge is 2.66. The van der Waals surface area contributed by atoms with Crippen molar-refractivity contribution in [2.75, 3.05) is 13.6 Å². The summed E-state index contributed by atoms with van der Waals surface area (Å²) < 4.78 is 0. The first-order chi connectivity index (χ1) is 7.73. The molecular formula is C12H18N2O3. The van der Waals surface area contributed by atoms with Crippen molar-refractivity contribution in [2.45, 2.75) is 20.8 Å². The van der Waals surface area contributed by atoms with Crippen molar-refractivity contribution < 1.29 is 14.7 Å². The van der Waals surface area contributed by atoms with Crippen LogP contribution in [0, 0.1) is 34.5 Å². The monoisotopic (exact) mass is 238 g/mol. The van der Waals surface area contributed by atoms with Gasteiger partial charge in [0.2, 0.25) is 5.91 Å². The van der Waals surface area contributed by atoms with Crippen LogP contribution in [0.15, 0.2) is 0 Å². The van der Waals surface area contributed by atoms with Gasteiger partial charge in [-0.1, -0.05) is 13.8 Å². The molecule has 5 heteroatoms. The van der Waals surface area contributed by atoms with Gasteiger partial charge in [-0.15, -0.1) is 0 Å². The first kappa shape index (κ1) is 13.5. The first-order valence-corrected chi connectivity index (χ1v) is 5.60. The van der Waals surface area contributed by atoms with Crippen LogP contribution in [-0.2, 0) is 9.59 Å². The Balaban J connectivity index is 2.67. The molecule has 17 heavy (non-hydrogen) atoms. The number of carbonyl (C=O) groups is 2. The molecule has 0 bridgehead atoms. The summed E-state index contributed by atoms with van der Waals surface area (Å²) in [6.45, 7) is 5.65. The molecule has 5 nitrogen and oxygen atoms in total. The van der Waals surface area contributed by atoms with Gasteiger partial charge in [0.15, 0.2) is 0 Å². The van der Waals surface area contributed by atoms with Crippen molar-refractivity contribution >= 4 is 11.9 Å². The molecule has 1 N–H and O–H groups in total. The van der Waals surface area contributed by atoms with E-state index >= 15 is 0 Å². The number of carbonyl (C=O) groups excluding carboxylic acids is 1. The van der Waals surface area contributed by atoms with Crippen LogP contribution in [0.5, 0.6) is 0 Å². The fourth-order valence-electron chi connectivity index (χ4n) is 2.34. The summed E-state index contributed by atoms with van der Waals surface area (Å²) in [6, 6.07) is 2.05. The van der Waals surface area contributed by atoms with E-state index in [4.69, 9.17) is 10.4 Å².